The van der Waals surface area contributed by atoms with E-state index in [1.165, 1.54) is 10.8 Å². The summed E-state index contributed by atoms with van der Waals surface area (Å²) in [6.45, 7) is 6.47. The van der Waals surface area contributed by atoms with Crippen molar-refractivity contribution in [2.45, 2.75) is 32.6 Å². The summed E-state index contributed by atoms with van der Waals surface area (Å²) in [5.74, 6) is 0.327. The number of alkyl halides is 3. The van der Waals surface area contributed by atoms with Crippen LogP contribution >= 0.6 is 0 Å². The van der Waals surface area contributed by atoms with Gasteiger partial charge in [-0.05, 0) is 13.3 Å². The maximum absolute atomic E-state index is 13.2. The monoisotopic (exact) mass is 394 g/mol. The molecule has 8 nitrogen and oxygen atoms in total. The SMILES string of the molecule is CCn1cc(CN2CCCN(c3cc(C(F)(F)F)nc4ncnn34)CC2)cn1. The van der Waals surface area contributed by atoms with E-state index in [1.807, 2.05) is 28.9 Å². The zero-order valence-corrected chi connectivity index (χ0v) is 15.5. The smallest absolute Gasteiger partial charge is 0.355 e. The molecule has 3 aromatic rings. The highest BCUT2D eigenvalue weighted by Crippen LogP contribution is 2.30. The summed E-state index contributed by atoms with van der Waals surface area (Å²) < 4.78 is 42.9. The van der Waals surface area contributed by atoms with E-state index in [9.17, 15) is 13.2 Å². The molecule has 0 amide bonds. The normalized spacial score (nSPS) is 16.6. The average Bonchev–Trinajstić information content (AvgIpc) is 3.25. The second kappa shape index (κ2) is 7.38. The number of aromatic nitrogens is 6. The van der Waals surface area contributed by atoms with Gasteiger partial charge < -0.3 is 4.90 Å². The number of anilines is 1. The zero-order chi connectivity index (χ0) is 19.7. The van der Waals surface area contributed by atoms with Crippen molar-refractivity contribution < 1.29 is 13.2 Å². The first-order chi connectivity index (χ1) is 13.4. The third kappa shape index (κ3) is 3.79. The van der Waals surface area contributed by atoms with Crippen molar-refractivity contribution in [2.75, 3.05) is 31.1 Å². The second-order valence-corrected chi connectivity index (χ2v) is 6.79. The molecule has 0 spiro atoms. The Hall–Kier alpha value is -2.69. The van der Waals surface area contributed by atoms with E-state index in [1.54, 1.807) is 0 Å². The maximum atomic E-state index is 13.2. The number of halogens is 3. The molecule has 11 heteroatoms. The predicted octanol–water partition coefficient (Wildman–Crippen LogP) is 2.07. The first kappa shape index (κ1) is 18.7. The quantitative estimate of drug-likeness (QED) is 0.675. The molecule has 1 aliphatic heterocycles. The van der Waals surface area contributed by atoms with Crippen molar-refractivity contribution in [3.8, 4) is 0 Å². The molecule has 0 aromatic carbocycles. The summed E-state index contributed by atoms with van der Waals surface area (Å²) in [5, 5.41) is 8.35. The lowest BCUT2D eigenvalue weighted by atomic mass is 10.3. The molecule has 3 aromatic heterocycles. The summed E-state index contributed by atoms with van der Waals surface area (Å²) in [5.41, 5.74) is 0.188. The molecule has 4 rings (SSSR count). The van der Waals surface area contributed by atoms with Crippen LogP contribution in [0.4, 0.5) is 19.0 Å². The molecular formula is C17H21F3N8. The Bertz CT molecular complexity index is 947. The van der Waals surface area contributed by atoms with Gasteiger partial charge in [-0.25, -0.2) is 4.98 Å². The molecule has 0 unspecified atom stereocenters. The largest absolute Gasteiger partial charge is 0.433 e. The fraction of sp³-hybridized carbons (Fsp3) is 0.529. The fourth-order valence-electron chi connectivity index (χ4n) is 3.44. The Morgan fingerprint density at radius 2 is 1.96 bits per heavy atom. The van der Waals surface area contributed by atoms with Crippen LogP contribution < -0.4 is 4.90 Å². The molecular weight excluding hydrogens is 373 g/mol. The molecule has 0 atom stereocenters. The molecule has 150 valence electrons. The van der Waals surface area contributed by atoms with Gasteiger partial charge in [0.2, 0.25) is 0 Å². The topological polar surface area (TPSA) is 67.4 Å². The van der Waals surface area contributed by atoms with Gasteiger partial charge in [0.1, 0.15) is 12.1 Å². The van der Waals surface area contributed by atoms with E-state index >= 15 is 0 Å². The lowest BCUT2D eigenvalue weighted by Gasteiger charge is -2.24. The van der Waals surface area contributed by atoms with Gasteiger partial charge in [-0.15, -0.1) is 0 Å². The van der Waals surface area contributed by atoms with E-state index in [0.717, 1.165) is 44.2 Å². The third-order valence-corrected chi connectivity index (χ3v) is 4.85. The summed E-state index contributed by atoms with van der Waals surface area (Å²) in [7, 11) is 0. The Labute approximate surface area is 159 Å². The van der Waals surface area contributed by atoms with Crippen LogP contribution in [0, 0.1) is 0 Å². The Balaban J connectivity index is 1.53. The number of hydrogen-bond acceptors (Lipinski definition) is 6. The molecule has 0 N–H and O–H groups in total. The maximum Gasteiger partial charge on any atom is 0.433 e. The minimum Gasteiger partial charge on any atom is -0.355 e. The molecule has 4 heterocycles. The van der Waals surface area contributed by atoms with Crippen molar-refractivity contribution >= 4 is 11.6 Å². The Morgan fingerprint density at radius 3 is 2.71 bits per heavy atom. The Morgan fingerprint density at radius 1 is 1.11 bits per heavy atom. The lowest BCUT2D eigenvalue weighted by Crippen LogP contribution is -2.32. The first-order valence-corrected chi connectivity index (χ1v) is 9.20. The van der Waals surface area contributed by atoms with Gasteiger partial charge in [0, 0.05) is 57.1 Å². The van der Waals surface area contributed by atoms with Crippen LogP contribution in [0.5, 0.6) is 0 Å². The van der Waals surface area contributed by atoms with Gasteiger partial charge in [-0.3, -0.25) is 9.58 Å². The number of aryl methyl sites for hydroxylation is 1. The summed E-state index contributed by atoms with van der Waals surface area (Å²) in [6.07, 6.45) is 1.42. The van der Waals surface area contributed by atoms with Gasteiger partial charge in [-0.1, -0.05) is 0 Å². The highest BCUT2D eigenvalue weighted by molar-refractivity contribution is 5.48. The van der Waals surface area contributed by atoms with Crippen molar-refractivity contribution in [2.24, 2.45) is 0 Å². The second-order valence-electron chi connectivity index (χ2n) is 6.79. The molecule has 1 aliphatic rings. The van der Waals surface area contributed by atoms with Crippen LogP contribution in [0.2, 0.25) is 0 Å². The molecule has 0 saturated carbocycles. The van der Waals surface area contributed by atoms with E-state index in [2.05, 4.69) is 25.1 Å². The molecule has 1 saturated heterocycles. The van der Waals surface area contributed by atoms with Gasteiger partial charge in [-0.2, -0.15) is 32.9 Å². The van der Waals surface area contributed by atoms with Crippen LogP contribution in [-0.4, -0.2) is 60.4 Å². The molecule has 1 fully saturated rings. The van der Waals surface area contributed by atoms with E-state index < -0.39 is 11.9 Å². The van der Waals surface area contributed by atoms with Crippen LogP contribution in [0.3, 0.4) is 0 Å². The van der Waals surface area contributed by atoms with Crippen LogP contribution in [0.1, 0.15) is 24.6 Å². The van der Waals surface area contributed by atoms with E-state index in [-0.39, 0.29) is 5.78 Å². The molecule has 28 heavy (non-hydrogen) atoms. The summed E-state index contributed by atoms with van der Waals surface area (Å²) in [6, 6.07) is 1.06. The lowest BCUT2D eigenvalue weighted by molar-refractivity contribution is -0.141. The first-order valence-electron chi connectivity index (χ1n) is 9.20. The van der Waals surface area contributed by atoms with Crippen LogP contribution in [0.25, 0.3) is 5.78 Å². The fourth-order valence-corrected chi connectivity index (χ4v) is 3.44. The van der Waals surface area contributed by atoms with Gasteiger partial charge in [0.25, 0.3) is 5.78 Å². The van der Waals surface area contributed by atoms with Crippen molar-refractivity contribution in [3.05, 3.63) is 36.0 Å². The summed E-state index contributed by atoms with van der Waals surface area (Å²) in [4.78, 5) is 11.6. The van der Waals surface area contributed by atoms with Crippen molar-refractivity contribution in [1.29, 1.82) is 0 Å². The average molecular weight is 394 g/mol. The Kier molecular flexibility index (Phi) is 4.92. The zero-order valence-electron chi connectivity index (χ0n) is 15.5. The predicted molar refractivity (Wildman–Crippen MR) is 95.8 cm³/mol. The van der Waals surface area contributed by atoms with Gasteiger partial charge >= 0.3 is 6.18 Å². The van der Waals surface area contributed by atoms with Crippen molar-refractivity contribution in [1.82, 2.24) is 34.3 Å². The summed E-state index contributed by atoms with van der Waals surface area (Å²) >= 11 is 0. The molecule has 0 radical (unpaired) electrons. The number of fused-ring (bicyclic) bond motifs is 1. The number of rotatable bonds is 4. The number of hydrogen-bond donors (Lipinski definition) is 0. The van der Waals surface area contributed by atoms with Crippen LogP contribution in [0.15, 0.2) is 24.8 Å². The van der Waals surface area contributed by atoms with Crippen LogP contribution in [-0.2, 0) is 19.3 Å². The highest BCUT2D eigenvalue weighted by atomic mass is 19.4. The molecule has 0 bridgehead atoms. The third-order valence-electron chi connectivity index (χ3n) is 4.85. The number of nitrogens with zero attached hydrogens (tertiary/aromatic N) is 8. The standard InChI is InChI=1S/C17H21F3N8/c1-2-27-11-13(9-22-27)10-25-4-3-5-26(7-6-25)15-8-14(17(18,19)20)24-16-21-12-23-28(15)16/h8-9,11-12H,2-7,10H2,1H3. The van der Waals surface area contributed by atoms with Gasteiger partial charge in [0.15, 0.2) is 5.69 Å². The van der Waals surface area contributed by atoms with Gasteiger partial charge in [0.05, 0.1) is 6.20 Å². The van der Waals surface area contributed by atoms with Crippen molar-refractivity contribution in [3.63, 3.8) is 0 Å². The van der Waals surface area contributed by atoms with E-state index in [4.69, 9.17) is 0 Å². The molecule has 0 aliphatic carbocycles. The van der Waals surface area contributed by atoms with E-state index in [0.29, 0.717) is 18.9 Å². The minimum atomic E-state index is -4.53. The minimum absolute atomic E-state index is 0.0436. The highest BCUT2D eigenvalue weighted by Gasteiger charge is 2.34.